The van der Waals surface area contributed by atoms with Gasteiger partial charge in [-0.25, -0.2) is 0 Å². The summed E-state index contributed by atoms with van der Waals surface area (Å²) in [7, 11) is 0. The fourth-order valence-electron chi connectivity index (χ4n) is 3.57. The Balaban J connectivity index is 1.48. The number of nitrogens with one attached hydrogen (secondary N) is 1. The van der Waals surface area contributed by atoms with Crippen LogP contribution in [-0.4, -0.2) is 46.1 Å². The number of amides is 2. The zero-order chi connectivity index (χ0) is 19.4. The monoisotopic (exact) mass is 372 g/mol. The maximum Gasteiger partial charge on any atom is 0.289 e. The van der Waals surface area contributed by atoms with Gasteiger partial charge in [-0.15, -0.1) is 0 Å². The first-order valence-electron chi connectivity index (χ1n) is 9.55. The van der Waals surface area contributed by atoms with Gasteiger partial charge in [0.25, 0.3) is 5.91 Å². The number of nitrogens with zero attached hydrogens (tertiary/aromatic N) is 3. The highest BCUT2D eigenvalue weighted by molar-refractivity contribution is 5.92. The molecule has 0 aromatic carbocycles. The van der Waals surface area contributed by atoms with Crippen molar-refractivity contribution in [2.45, 2.75) is 40.2 Å². The van der Waals surface area contributed by atoms with Crippen molar-refractivity contribution in [1.29, 1.82) is 0 Å². The molecular weight excluding hydrogens is 344 g/mol. The Morgan fingerprint density at radius 1 is 1.41 bits per heavy atom. The number of carbonyl (C=O) groups is 2. The molecule has 1 fully saturated rings. The van der Waals surface area contributed by atoms with Gasteiger partial charge in [0.15, 0.2) is 5.76 Å². The van der Waals surface area contributed by atoms with E-state index in [0.717, 1.165) is 30.8 Å². The Morgan fingerprint density at radius 2 is 2.22 bits per heavy atom. The molecule has 1 saturated heterocycles. The summed E-state index contributed by atoms with van der Waals surface area (Å²) in [6, 6.07) is 5.41. The van der Waals surface area contributed by atoms with Gasteiger partial charge in [0, 0.05) is 31.9 Å². The van der Waals surface area contributed by atoms with E-state index in [-0.39, 0.29) is 23.7 Å². The second-order valence-electron chi connectivity index (χ2n) is 7.53. The van der Waals surface area contributed by atoms with E-state index in [9.17, 15) is 9.59 Å². The molecule has 1 aliphatic rings. The van der Waals surface area contributed by atoms with Gasteiger partial charge in [-0.3, -0.25) is 14.3 Å². The number of aromatic nitrogens is 2. The fourth-order valence-corrected chi connectivity index (χ4v) is 3.57. The SMILES string of the molecule is Cc1cc(C)n(C[C@@H](C)CNC(=O)[C@@H]2CCCN(C(=O)c3ccco3)C2)n1. The van der Waals surface area contributed by atoms with E-state index in [4.69, 9.17) is 4.42 Å². The summed E-state index contributed by atoms with van der Waals surface area (Å²) in [5.41, 5.74) is 2.14. The molecule has 1 N–H and O–H groups in total. The third-order valence-corrected chi connectivity index (χ3v) is 5.02. The van der Waals surface area contributed by atoms with E-state index in [1.54, 1.807) is 17.0 Å². The lowest BCUT2D eigenvalue weighted by Crippen LogP contribution is -2.46. The second-order valence-corrected chi connectivity index (χ2v) is 7.53. The first-order chi connectivity index (χ1) is 12.9. The van der Waals surface area contributed by atoms with Gasteiger partial charge < -0.3 is 14.6 Å². The van der Waals surface area contributed by atoms with E-state index in [1.807, 2.05) is 18.5 Å². The van der Waals surface area contributed by atoms with Gasteiger partial charge in [0.2, 0.25) is 5.91 Å². The third-order valence-electron chi connectivity index (χ3n) is 5.02. The van der Waals surface area contributed by atoms with Crippen LogP contribution in [0.15, 0.2) is 28.9 Å². The molecule has 146 valence electrons. The number of furan rings is 1. The highest BCUT2D eigenvalue weighted by Crippen LogP contribution is 2.19. The van der Waals surface area contributed by atoms with Crippen LogP contribution in [0.1, 0.15) is 41.7 Å². The van der Waals surface area contributed by atoms with Crippen LogP contribution in [0.25, 0.3) is 0 Å². The molecule has 0 unspecified atom stereocenters. The molecule has 0 saturated carbocycles. The number of aryl methyl sites for hydroxylation is 2. The summed E-state index contributed by atoms with van der Waals surface area (Å²) in [6.07, 6.45) is 3.12. The van der Waals surface area contributed by atoms with Crippen molar-refractivity contribution in [3.05, 3.63) is 41.6 Å². The predicted octanol–water partition coefficient (Wildman–Crippen LogP) is 2.40. The van der Waals surface area contributed by atoms with Crippen LogP contribution in [0.4, 0.5) is 0 Å². The summed E-state index contributed by atoms with van der Waals surface area (Å²) in [4.78, 5) is 26.7. The van der Waals surface area contributed by atoms with Gasteiger partial charge in [-0.1, -0.05) is 6.92 Å². The van der Waals surface area contributed by atoms with Crippen LogP contribution in [0, 0.1) is 25.7 Å². The molecule has 1 aliphatic heterocycles. The van der Waals surface area contributed by atoms with Crippen LogP contribution in [0.3, 0.4) is 0 Å². The minimum atomic E-state index is -0.168. The van der Waals surface area contributed by atoms with Crippen LogP contribution < -0.4 is 5.32 Å². The van der Waals surface area contributed by atoms with Crippen molar-refractivity contribution >= 4 is 11.8 Å². The maximum absolute atomic E-state index is 12.6. The molecule has 27 heavy (non-hydrogen) atoms. The minimum Gasteiger partial charge on any atom is -0.459 e. The van der Waals surface area contributed by atoms with E-state index < -0.39 is 0 Å². The molecule has 3 heterocycles. The molecule has 2 amide bonds. The standard InChI is InChI=1S/C20H28N4O3/c1-14(12-24-16(3)10-15(2)22-24)11-21-19(25)17-6-4-8-23(13-17)20(26)18-7-5-9-27-18/h5,7,9-10,14,17H,4,6,8,11-13H2,1-3H3,(H,21,25)/t14-,17+/m0/s1. The van der Waals surface area contributed by atoms with Crippen LogP contribution >= 0.6 is 0 Å². The Labute approximate surface area is 159 Å². The van der Waals surface area contributed by atoms with Gasteiger partial charge in [-0.2, -0.15) is 5.10 Å². The van der Waals surface area contributed by atoms with Crippen LogP contribution in [0.2, 0.25) is 0 Å². The van der Waals surface area contributed by atoms with Gasteiger partial charge in [0.1, 0.15) is 0 Å². The highest BCUT2D eigenvalue weighted by Gasteiger charge is 2.29. The molecular formula is C20H28N4O3. The molecule has 7 heteroatoms. The van der Waals surface area contributed by atoms with E-state index >= 15 is 0 Å². The lowest BCUT2D eigenvalue weighted by Gasteiger charge is -2.31. The molecule has 0 spiro atoms. The second kappa shape index (κ2) is 8.41. The first-order valence-corrected chi connectivity index (χ1v) is 9.55. The molecule has 2 atom stereocenters. The summed E-state index contributed by atoms with van der Waals surface area (Å²) >= 11 is 0. The summed E-state index contributed by atoms with van der Waals surface area (Å²) in [5, 5.41) is 7.52. The zero-order valence-electron chi connectivity index (χ0n) is 16.3. The number of likely N-dealkylation sites (tertiary alicyclic amines) is 1. The quantitative estimate of drug-likeness (QED) is 0.844. The Morgan fingerprint density at radius 3 is 2.89 bits per heavy atom. The molecule has 7 nitrogen and oxygen atoms in total. The van der Waals surface area contributed by atoms with Crippen molar-refractivity contribution in [2.75, 3.05) is 19.6 Å². The predicted molar refractivity (Wildman–Crippen MR) is 101 cm³/mol. The summed E-state index contributed by atoms with van der Waals surface area (Å²) in [5.74, 6) is 0.312. The molecule has 2 aromatic heterocycles. The van der Waals surface area contributed by atoms with Crippen molar-refractivity contribution in [3.63, 3.8) is 0 Å². The third kappa shape index (κ3) is 4.78. The van der Waals surface area contributed by atoms with Gasteiger partial charge >= 0.3 is 0 Å². The number of hydrogen-bond acceptors (Lipinski definition) is 4. The normalized spacial score (nSPS) is 18.3. The smallest absolute Gasteiger partial charge is 0.289 e. The van der Waals surface area contributed by atoms with Crippen LogP contribution in [0.5, 0.6) is 0 Å². The average Bonchev–Trinajstić information content (AvgIpc) is 3.29. The molecule has 0 bridgehead atoms. The van der Waals surface area contributed by atoms with Gasteiger partial charge in [0.05, 0.1) is 17.9 Å². The molecule has 0 aliphatic carbocycles. The Bertz CT molecular complexity index is 781. The summed E-state index contributed by atoms with van der Waals surface area (Å²) in [6.45, 7) is 8.60. The first kappa shape index (κ1) is 19.2. The maximum atomic E-state index is 12.6. The minimum absolute atomic E-state index is 0.0205. The fraction of sp³-hybridized carbons (Fsp3) is 0.550. The van der Waals surface area contributed by atoms with Crippen LogP contribution in [-0.2, 0) is 11.3 Å². The summed E-state index contributed by atoms with van der Waals surface area (Å²) < 4.78 is 7.17. The van der Waals surface area contributed by atoms with Crippen molar-refractivity contribution in [3.8, 4) is 0 Å². The Hall–Kier alpha value is -2.57. The zero-order valence-corrected chi connectivity index (χ0v) is 16.3. The van der Waals surface area contributed by atoms with Crippen molar-refractivity contribution in [1.82, 2.24) is 20.0 Å². The topological polar surface area (TPSA) is 80.4 Å². The number of hydrogen-bond donors (Lipinski definition) is 1. The molecule has 3 rings (SSSR count). The number of piperidine rings is 1. The van der Waals surface area contributed by atoms with E-state index in [1.165, 1.54) is 6.26 Å². The number of rotatable bonds is 6. The van der Waals surface area contributed by atoms with E-state index in [2.05, 4.69) is 23.4 Å². The average molecular weight is 372 g/mol. The van der Waals surface area contributed by atoms with Crippen molar-refractivity contribution < 1.29 is 14.0 Å². The van der Waals surface area contributed by atoms with Crippen molar-refractivity contribution in [2.24, 2.45) is 11.8 Å². The molecule has 0 radical (unpaired) electrons. The lowest BCUT2D eigenvalue weighted by atomic mass is 9.96. The Kier molecular flexibility index (Phi) is 5.98. The highest BCUT2D eigenvalue weighted by atomic mass is 16.3. The lowest BCUT2D eigenvalue weighted by molar-refractivity contribution is -0.126. The number of carbonyl (C=O) groups excluding carboxylic acids is 2. The van der Waals surface area contributed by atoms with Gasteiger partial charge in [-0.05, 0) is 50.8 Å². The largest absolute Gasteiger partial charge is 0.459 e. The van der Waals surface area contributed by atoms with E-state index in [0.29, 0.717) is 25.4 Å². The molecule has 2 aromatic rings.